The van der Waals surface area contributed by atoms with Gasteiger partial charge in [-0.1, -0.05) is 6.07 Å². The molecule has 6 heteroatoms. The standard InChI is InChI=1S/C21H24N4OS/c1-24(18-9-11-22-12-10-18)21(26)16-5-7-19(8-6-16)27-15-17-14-25-13-3-2-4-20(25)23-17/h2-8,13-14,18,22H,9-12,15H2,1H3. The van der Waals surface area contributed by atoms with E-state index in [1.807, 2.05) is 65.0 Å². The van der Waals surface area contributed by atoms with Crippen LogP contribution in [0.15, 0.2) is 59.8 Å². The summed E-state index contributed by atoms with van der Waals surface area (Å²) in [7, 11) is 1.92. The van der Waals surface area contributed by atoms with Crippen molar-refractivity contribution in [3.8, 4) is 0 Å². The van der Waals surface area contributed by atoms with Crippen molar-refractivity contribution in [2.45, 2.75) is 29.5 Å². The zero-order valence-electron chi connectivity index (χ0n) is 15.5. The summed E-state index contributed by atoms with van der Waals surface area (Å²) in [5.74, 6) is 0.919. The summed E-state index contributed by atoms with van der Waals surface area (Å²) in [6.07, 6.45) is 6.12. The van der Waals surface area contributed by atoms with E-state index >= 15 is 0 Å². The van der Waals surface area contributed by atoms with Crippen LogP contribution in [0.3, 0.4) is 0 Å². The molecule has 0 atom stereocenters. The number of carbonyl (C=O) groups is 1. The van der Waals surface area contributed by atoms with Crippen molar-refractivity contribution in [2.24, 2.45) is 0 Å². The van der Waals surface area contributed by atoms with Crippen molar-refractivity contribution >= 4 is 23.3 Å². The van der Waals surface area contributed by atoms with Gasteiger partial charge in [0.25, 0.3) is 5.91 Å². The van der Waals surface area contributed by atoms with E-state index in [2.05, 4.69) is 16.5 Å². The molecule has 3 aromatic rings. The highest BCUT2D eigenvalue weighted by molar-refractivity contribution is 7.98. The molecule has 4 rings (SSSR count). The Hall–Kier alpha value is -2.31. The van der Waals surface area contributed by atoms with Gasteiger partial charge in [0.15, 0.2) is 0 Å². The molecule has 140 valence electrons. The molecule has 5 nitrogen and oxygen atoms in total. The monoisotopic (exact) mass is 380 g/mol. The number of carbonyl (C=O) groups excluding carboxylic acids is 1. The fourth-order valence-electron chi connectivity index (χ4n) is 3.47. The van der Waals surface area contributed by atoms with E-state index in [-0.39, 0.29) is 5.91 Å². The van der Waals surface area contributed by atoms with Crippen LogP contribution in [0.4, 0.5) is 0 Å². The number of amides is 1. The number of aromatic nitrogens is 2. The molecule has 2 aromatic heterocycles. The molecule has 0 unspecified atom stereocenters. The van der Waals surface area contributed by atoms with E-state index in [9.17, 15) is 4.79 Å². The summed E-state index contributed by atoms with van der Waals surface area (Å²) in [4.78, 5) is 20.4. The summed E-state index contributed by atoms with van der Waals surface area (Å²) < 4.78 is 2.04. The Balaban J connectivity index is 1.37. The van der Waals surface area contributed by atoms with Gasteiger partial charge in [0, 0.05) is 41.7 Å². The zero-order chi connectivity index (χ0) is 18.6. The van der Waals surface area contributed by atoms with E-state index in [1.54, 1.807) is 11.8 Å². The smallest absolute Gasteiger partial charge is 0.253 e. The van der Waals surface area contributed by atoms with Crippen LogP contribution in [0.25, 0.3) is 5.65 Å². The second-order valence-electron chi connectivity index (χ2n) is 6.91. The Morgan fingerprint density at radius 2 is 2.00 bits per heavy atom. The topological polar surface area (TPSA) is 49.6 Å². The third-order valence-electron chi connectivity index (χ3n) is 5.08. The summed E-state index contributed by atoms with van der Waals surface area (Å²) in [6, 6.07) is 14.3. The van der Waals surface area contributed by atoms with Crippen LogP contribution in [0.1, 0.15) is 28.9 Å². The Kier molecular flexibility index (Phi) is 5.45. The first-order valence-corrected chi connectivity index (χ1v) is 10.3. The molecule has 0 saturated carbocycles. The molecule has 1 aromatic carbocycles. The molecule has 27 heavy (non-hydrogen) atoms. The second kappa shape index (κ2) is 8.15. The third-order valence-corrected chi connectivity index (χ3v) is 6.12. The average molecular weight is 381 g/mol. The van der Waals surface area contributed by atoms with Gasteiger partial charge in [-0.05, 0) is 62.3 Å². The van der Waals surface area contributed by atoms with Crippen LogP contribution in [0, 0.1) is 0 Å². The van der Waals surface area contributed by atoms with Crippen LogP contribution >= 0.6 is 11.8 Å². The summed E-state index contributed by atoms with van der Waals surface area (Å²) in [5.41, 5.74) is 2.78. The van der Waals surface area contributed by atoms with Gasteiger partial charge >= 0.3 is 0 Å². The number of pyridine rings is 1. The van der Waals surface area contributed by atoms with Crippen molar-refractivity contribution in [3.05, 3.63) is 66.1 Å². The summed E-state index contributed by atoms with van der Waals surface area (Å²) in [5, 5.41) is 3.34. The fraction of sp³-hybridized carbons (Fsp3) is 0.333. The minimum Gasteiger partial charge on any atom is -0.339 e. The lowest BCUT2D eigenvalue weighted by Gasteiger charge is -2.31. The highest BCUT2D eigenvalue weighted by Crippen LogP contribution is 2.24. The quantitative estimate of drug-likeness (QED) is 0.689. The number of imidazole rings is 1. The lowest BCUT2D eigenvalue weighted by atomic mass is 10.0. The molecule has 0 aliphatic carbocycles. The normalized spacial score (nSPS) is 15.1. The predicted molar refractivity (Wildman–Crippen MR) is 109 cm³/mol. The Bertz CT molecular complexity index is 882. The number of hydrogen-bond acceptors (Lipinski definition) is 4. The molecular weight excluding hydrogens is 356 g/mol. The maximum atomic E-state index is 12.7. The molecule has 1 saturated heterocycles. The molecule has 0 radical (unpaired) electrons. The Morgan fingerprint density at radius 3 is 2.74 bits per heavy atom. The van der Waals surface area contributed by atoms with Crippen LogP contribution in [-0.4, -0.2) is 46.4 Å². The zero-order valence-corrected chi connectivity index (χ0v) is 16.3. The highest BCUT2D eigenvalue weighted by atomic mass is 32.2. The van der Waals surface area contributed by atoms with Gasteiger partial charge in [-0.2, -0.15) is 0 Å². The van der Waals surface area contributed by atoms with Crippen molar-refractivity contribution in [1.82, 2.24) is 19.6 Å². The molecule has 1 aliphatic heterocycles. The number of nitrogens with zero attached hydrogens (tertiary/aromatic N) is 3. The molecule has 0 spiro atoms. The molecule has 1 fully saturated rings. The van der Waals surface area contributed by atoms with Crippen LogP contribution in [-0.2, 0) is 5.75 Å². The molecular formula is C21H24N4OS. The van der Waals surface area contributed by atoms with Crippen molar-refractivity contribution < 1.29 is 4.79 Å². The molecule has 1 N–H and O–H groups in total. The van der Waals surface area contributed by atoms with Crippen molar-refractivity contribution in [3.63, 3.8) is 0 Å². The van der Waals surface area contributed by atoms with E-state index in [4.69, 9.17) is 0 Å². The minimum absolute atomic E-state index is 0.110. The van der Waals surface area contributed by atoms with Gasteiger partial charge in [-0.25, -0.2) is 4.98 Å². The van der Waals surface area contributed by atoms with Crippen molar-refractivity contribution in [2.75, 3.05) is 20.1 Å². The third kappa shape index (κ3) is 4.17. The van der Waals surface area contributed by atoms with Gasteiger partial charge in [0.05, 0.1) is 5.69 Å². The first-order chi connectivity index (χ1) is 13.2. The van der Waals surface area contributed by atoms with E-state index in [0.29, 0.717) is 6.04 Å². The number of thioether (sulfide) groups is 1. The van der Waals surface area contributed by atoms with Gasteiger partial charge < -0.3 is 14.6 Å². The molecule has 3 heterocycles. The number of nitrogens with one attached hydrogen (secondary N) is 1. The first-order valence-electron chi connectivity index (χ1n) is 9.34. The van der Waals surface area contributed by atoms with E-state index in [1.165, 1.54) is 0 Å². The Morgan fingerprint density at radius 1 is 1.22 bits per heavy atom. The first kappa shape index (κ1) is 18.1. The number of rotatable bonds is 5. The molecule has 1 aliphatic rings. The van der Waals surface area contributed by atoms with Gasteiger partial charge in [0.2, 0.25) is 0 Å². The largest absolute Gasteiger partial charge is 0.339 e. The Labute approximate surface area is 163 Å². The maximum Gasteiger partial charge on any atom is 0.253 e. The highest BCUT2D eigenvalue weighted by Gasteiger charge is 2.22. The maximum absolute atomic E-state index is 12.7. The van der Waals surface area contributed by atoms with Crippen molar-refractivity contribution in [1.29, 1.82) is 0 Å². The van der Waals surface area contributed by atoms with Gasteiger partial charge in [0.1, 0.15) is 5.65 Å². The second-order valence-corrected chi connectivity index (χ2v) is 7.96. The lowest BCUT2D eigenvalue weighted by Crippen LogP contribution is -2.43. The number of piperidine rings is 1. The van der Waals surface area contributed by atoms with Crippen LogP contribution < -0.4 is 5.32 Å². The average Bonchev–Trinajstić information content (AvgIpc) is 3.15. The minimum atomic E-state index is 0.110. The number of fused-ring (bicyclic) bond motifs is 1. The summed E-state index contributed by atoms with van der Waals surface area (Å²) >= 11 is 1.74. The molecule has 1 amide bonds. The molecule has 0 bridgehead atoms. The van der Waals surface area contributed by atoms with E-state index < -0.39 is 0 Å². The summed E-state index contributed by atoms with van der Waals surface area (Å²) in [6.45, 7) is 1.97. The number of benzene rings is 1. The van der Waals surface area contributed by atoms with Crippen LogP contribution in [0.2, 0.25) is 0 Å². The van der Waals surface area contributed by atoms with Gasteiger partial charge in [-0.3, -0.25) is 4.79 Å². The van der Waals surface area contributed by atoms with Gasteiger partial charge in [-0.15, -0.1) is 11.8 Å². The lowest BCUT2D eigenvalue weighted by molar-refractivity contribution is 0.0703. The van der Waals surface area contributed by atoms with E-state index in [0.717, 1.165) is 53.5 Å². The SMILES string of the molecule is CN(C(=O)c1ccc(SCc2cn3ccccc3n2)cc1)C1CCNCC1. The fourth-order valence-corrected chi connectivity index (χ4v) is 4.25. The number of hydrogen-bond donors (Lipinski definition) is 1. The van der Waals surface area contributed by atoms with Crippen LogP contribution in [0.5, 0.6) is 0 Å². The predicted octanol–water partition coefficient (Wildman–Crippen LogP) is 3.45.